The second kappa shape index (κ2) is 4.58. The molecule has 1 saturated carbocycles. The third-order valence-corrected chi connectivity index (χ3v) is 5.10. The fourth-order valence-corrected chi connectivity index (χ4v) is 3.57. The first-order valence-electron chi connectivity index (χ1n) is 7.81. The molecule has 0 aromatic carbocycles. The van der Waals surface area contributed by atoms with E-state index < -0.39 is 0 Å². The molecule has 2 aromatic heterocycles. The van der Waals surface area contributed by atoms with E-state index in [9.17, 15) is 0 Å². The molecule has 3 heterocycles. The maximum absolute atomic E-state index is 4.87. The molecule has 1 saturated heterocycles. The molecule has 1 aliphatic heterocycles. The summed E-state index contributed by atoms with van der Waals surface area (Å²) in [5.41, 5.74) is 3.81. The average molecular weight is 282 g/mol. The van der Waals surface area contributed by atoms with Crippen LogP contribution in [0.5, 0.6) is 0 Å². The van der Waals surface area contributed by atoms with Crippen LogP contribution >= 0.6 is 0 Å². The Bertz CT molecular complexity index is 655. The normalized spacial score (nSPS) is 23.5. The lowest BCUT2D eigenvalue weighted by Gasteiger charge is -2.22. The van der Waals surface area contributed by atoms with Crippen molar-refractivity contribution in [3.8, 4) is 0 Å². The molecule has 2 aromatic rings. The van der Waals surface area contributed by atoms with Crippen molar-refractivity contribution in [2.75, 3.05) is 18.0 Å². The van der Waals surface area contributed by atoms with Gasteiger partial charge in [-0.3, -0.25) is 0 Å². The summed E-state index contributed by atoms with van der Waals surface area (Å²) in [6, 6.07) is 2.26. The standard InChI is InChI=1S/C17H22N4/c1-11-6-17(21-8-14-7-15(14)9-21)19-12(2)16(11)10-20-5-4-18-13(20)3/h4-6,14-15H,7-10H2,1-3H3. The van der Waals surface area contributed by atoms with Crippen LogP contribution in [0.25, 0.3) is 0 Å². The van der Waals surface area contributed by atoms with Gasteiger partial charge in [0.1, 0.15) is 11.6 Å². The Kier molecular flexibility index (Phi) is 2.81. The van der Waals surface area contributed by atoms with Gasteiger partial charge in [-0.15, -0.1) is 0 Å². The molecule has 21 heavy (non-hydrogen) atoms. The molecule has 0 spiro atoms. The van der Waals surface area contributed by atoms with E-state index in [1.54, 1.807) is 0 Å². The van der Waals surface area contributed by atoms with Crippen LogP contribution in [0, 0.1) is 32.6 Å². The van der Waals surface area contributed by atoms with Crippen molar-refractivity contribution in [3.63, 3.8) is 0 Å². The maximum atomic E-state index is 4.87. The lowest BCUT2D eigenvalue weighted by atomic mass is 10.1. The Labute approximate surface area is 125 Å². The maximum Gasteiger partial charge on any atom is 0.129 e. The highest BCUT2D eigenvalue weighted by atomic mass is 15.2. The van der Waals surface area contributed by atoms with Gasteiger partial charge in [0.25, 0.3) is 0 Å². The number of hydrogen-bond donors (Lipinski definition) is 0. The zero-order valence-corrected chi connectivity index (χ0v) is 13.0. The first-order chi connectivity index (χ1) is 10.1. The number of aromatic nitrogens is 3. The molecule has 2 unspecified atom stereocenters. The third-order valence-electron chi connectivity index (χ3n) is 5.10. The van der Waals surface area contributed by atoms with E-state index in [1.165, 1.54) is 36.5 Å². The molecule has 4 heteroatoms. The van der Waals surface area contributed by atoms with E-state index in [4.69, 9.17) is 4.98 Å². The molecule has 2 fully saturated rings. The molecule has 0 radical (unpaired) electrons. The number of aryl methyl sites for hydroxylation is 3. The van der Waals surface area contributed by atoms with E-state index >= 15 is 0 Å². The smallest absolute Gasteiger partial charge is 0.129 e. The van der Waals surface area contributed by atoms with Crippen LogP contribution in [0.2, 0.25) is 0 Å². The Hall–Kier alpha value is -1.84. The highest BCUT2D eigenvalue weighted by molar-refractivity contribution is 5.48. The van der Waals surface area contributed by atoms with E-state index in [0.29, 0.717) is 0 Å². The molecule has 2 atom stereocenters. The second-order valence-electron chi connectivity index (χ2n) is 6.62. The van der Waals surface area contributed by atoms with Gasteiger partial charge in [-0.05, 0) is 56.2 Å². The third kappa shape index (κ3) is 2.23. The van der Waals surface area contributed by atoms with Crippen molar-refractivity contribution in [3.05, 3.63) is 41.1 Å². The summed E-state index contributed by atoms with van der Waals surface area (Å²) in [6.45, 7) is 9.66. The summed E-state index contributed by atoms with van der Waals surface area (Å²) in [4.78, 5) is 11.6. The van der Waals surface area contributed by atoms with Crippen LogP contribution in [0.15, 0.2) is 18.5 Å². The van der Waals surface area contributed by atoms with Crippen LogP contribution < -0.4 is 4.90 Å². The number of pyridine rings is 1. The second-order valence-corrected chi connectivity index (χ2v) is 6.62. The number of hydrogen-bond acceptors (Lipinski definition) is 3. The molecule has 110 valence electrons. The number of anilines is 1. The van der Waals surface area contributed by atoms with Gasteiger partial charge in [-0.2, -0.15) is 0 Å². The molecule has 0 N–H and O–H groups in total. The summed E-state index contributed by atoms with van der Waals surface area (Å²) in [5, 5.41) is 0. The van der Waals surface area contributed by atoms with Crippen molar-refractivity contribution in [2.45, 2.75) is 33.7 Å². The first kappa shape index (κ1) is 12.9. The summed E-state index contributed by atoms with van der Waals surface area (Å²) in [7, 11) is 0. The summed E-state index contributed by atoms with van der Waals surface area (Å²) < 4.78 is 2.18. The van der Waals surface area contributed by atoms with E-state index in [2.05, 4.69) is 34.4 Å². The minimum Gasteiger partial charge on any atom is -0.356 e. The molecule has 4 rings (SSSR count). The molecule has 1 aliphatic carbocycles. The first-order valence-corrected chi connectivity index (χ1v) is 7.81. The molecule has 4 nitrogen and oxygen atoms in total. The van der Waals surface area contributed by atoms with Gasteiger partial charge in [0.05, 0.1) is 6.54 Å². The molecular formula is C17H22N4. The van der Waals surface area contributed by atoms with Gasteiger partial charge in [0, 0.05) is 31.2 Å². The van der Waals surface area contributed by atoms with Crippen LogP contribution in [0.1, 0.15) is 29.1 Å². The molecular weight excluding hydrogens is 260 g/mol. The van der Waals surface area contributed by atoms with Crippen LogP contribution in [-0.2, 0) is 6.54 Å². The van der Waals surface area contributed by atoms with Crippen LogP contribution in [0.3, 0.4) is 0 Å². The van der Waals surface area contributed by atoms with E-state index in [0.717, 1.165) is 29.9 Å². The van der Waals surface area contributed by atoms with Crippen LogP contribution in [0.4, 0.5) is 5.82 Å². The van der Waals surface area contributed by atoms with Gasteiger partial charge in [0.2, 0.25) is 0 Å². The van der Waals surface area contributed by atoms with Crippen molar-refractivity contribution >= 4 is 5.82 Å². The highest BCUT2D eigenvalue weighted by Gasteiger charge is 2.45. The number of fused-ring (bicyclic) bond motifs is 1. The minimum atomic E-state index is 0.863. The molecule has 0 bridgehead atoms. The van der Waals surface area contributed by atoms with E-state index in [-0.39, 0.29) is 0 Å². The monoisotopic (exact) mass is 282 g/mol. The highest BCUT2D eigenvalue weighted by Crippen LogP contribution is 2.46. The lowest BCUT2D eigenvalue weighted by Crippen LogP contribution is -2.23. The van der Waals surface area contributed by atoms with E-state index in [1.807, 2.05) is 19.3 Å². The number of imidazole rings is 1. The Morgan fingerprint density at radius 2 is 1.95 bits per heavy atom. The zero-order chi connectivity index (χ0) is 14.6. The van der Waals surface area contributed by atoms with Gasteiger partial charge >= 0.3 is 0 Å². The Morgan fingerprint density at radius 3 is 2.57 bits per heavy atom. The quantitative estimate of drug-likeness (QED) is 0.868. The SMILES string of the molecule is Cc1cc(N2CC3CC3C2)nc(C)c1Cn1ccnc1C. The van der Waals surface area contributed by atoms with Gasteiger partial charge < -0.3 is 9.47 Å². The van der Waals surface area contributed by atoms with Crippen molar-refractivity contribution in [1.29, 1.82) is 0 Å². The average Bonchev–Trinajstić information content (AvgIpc) is 2.86. The summed E-state index contributed by atoms with van der Waals surface area (Å²) in [5.74, 6) is 4.11. The van der Waals surface area contributed by atoms with Crippen molar-refractivity contribution < 1.29 is 0 Å². The Balaban J connectivity index is 1.61. The topological polar surface area (TPSA) is 34.0 Å². The number of piperidine rings is 1. The minimum absolute atomic E-state index is 0.863. The number of nitrogens with zero attached hydrogens (tertiary/aromatic N) is 4. The fraction of sp³-hybridized carbons (Fsp3) is 0.529. The van der Waals surface area contributed by atoms with Crippen molar-refractivity contribution in [2.24, 2.45) is 11.8 Å². The number of rotatable bonds is 3. The molecule has 2 aliphatic rings. The molecule has 0 amide bonds. The zero-order valence-electron chi connectivity index (χ0n) is 13.0. The Morgan fingerprint density at radius 1 is 1.19 bits per heavy atom. The largest absolute Gasteiger partial charge is 0.356 e. The van der Waals surface area contributed by atoms with Crippen LogP contribution in [-0.4, -0.2) is 27.6 Å². The predicted molar refractivity (Wildman–Crippen MR) is 83.6 cm³/mol. The predicted octanol–water partition coefficient (Wildman–Crippen LogP) is 2.71. The fourth-order valence-electron chi connectivity index (χ4n) is 3.57. The van der Waals surface area contributed by atoms with Gasteiger partial charge in [0.15, 0.2) is 0 Å². The van der Waals surface area contributed by atoms with Gasteiger partial charge in [-0.25, -0.2) is 9.97 Å². The van der Waals surface area contributed by atoms with Crippen molar-refractivity contribution in [1.82, 2.24) is 14.5 Å². The lowest BCUT2D eigenvalue weighted by molar-refractivity contribution is 0.743. The van der Waals surface area contributed by atoms with Gasteiger partial charge in [-0.1, -0.05) is 0 Å². The summed E-state index contributed by atoms with van der Waals surface area (Å²) >= 11 is 0. The summed E-state index contributed by atoms with van der Waals surface area (Å²) in [6.07, 6.45) is 5.33.